The summed E-state index contributed by atoms with van der Waals surface area (Å²) in [6.45, 7) is 5.67. The van der Waals surface area contributed by atoms with Crippen molar-refractivity contribution in [2.75, 3.05) is 29.9 Å². The largest absolute Gasteiger partial charge is 0.356 e. The number of hydrogen-bond acceptors (Lipinski definition) is 3. The van der Waals surface area contributed by atoms with Crippen LogP contribution in [0, 0.1) is 0 Å². The zero-order valence-corrected chi connectivity index (χ0v) is 12.2. The van der Waals surface area contributed by atoms with Crippen molar-refractivity contribution >= 4 is 28.2 Å². The first-order valence-electron chi connectivity index (χ1n) is 7.24. The van der Waals surface area contributed by atoms with Crippen molar-refractivity contribution < 1.29 is 4.79 Å². The summed E-state index contributed by atoms with van der Waals surface area (Å²) in [4.78, 5) is 20.2. The minimum atomic E-state index is -0.108. The molecule has 1 aromatic heterocycles. The van der Waals surface area contributed by atoms with E-state index >= 15 is 0 Å². The van der Waals surface area contributed by atoms with Crippen molar-refractivity contribution in [3.63, 3.8) is 0 Å². The normalized spacial score (nSPS) is 14.4. The number of fused-ring (bicyclic) bond motifs is 1. The molecular formula is C17H19N3O. The summed E-state index contributed by atoms with van der Waals surface area (Å²) in [6, 6.07) is 8.03. The summed E-state index contributed by atoms with van der Waals surface area (Å²) >= 11 is 0. The molecule has 0 aliphatic carbocycles. The Bertz CT molecular complexity index is 689. The zero-order valence-electron chi connectivity index (χ0n) is 12.2. The maximum atomic E-state index is 11.7. The minimum absolute atomic E-state index is 0.108. The highest BCUT2D eigenvalue weighted by atomic mass is 16.2. The van der Waals surface area contributed by atoms with Crippen molar-refractivity contribution in [2.24, 2.45) is 0 Å². The maximum absolute atomic E-state index is 11.7. The van der Waals surface area contributed by atoms with E-state index in [9.17, 15) is 4.79 Å². The van der Waals surface area contributed by atoms with Gasteiger partial charge in [-0.2, -0.15) is 0 Å². The number of amides is 1. The van der Waals surface area contributed by atoms with E-state index in [2.05, 4.69) is 22.5 Å². The van der Waals surface area contributed by atoms with Crippen molar-refractivity contribution in [1.29, 1.82) is 0 Å². The topological polar surface area (TPSA) is 36.4 Å². The van der Waals surface area contributed by atoms with Gasteiger partial charge in [-0.3, -0.25) is 4.79 Å². The first kappa shape index (κ1) is 13.6. The van der Waals surface area contributed by atoms with Gasteiger partial charge in [0.2, 0.25) is 5.91 Å². The van der Waals surface area contributed by atoms with Crippen LogP contribution in [-0.4, -0.2) is 31.0 Å². The van der Waals surface area contributed by atoms with Gasteiger partial charge in [-0.15, -0.1) is 0 Å². The van der Waals surface area contributed by atoms with Gasteiger partial charge in [0, 0.05) is 37.4 Å². The first-order chi connectivity index (χ1) is 10.2. The molecular weight excluding hydrogens is 262 g/mol. The predicted octanol–water partition coefficient (Wildman–Crippen LogP) is 2.98. The number of benzene rings is 1. The Morgan fingerprint density at radius 3 is 2.81 bits per heavy atom. The fraction of sp³-hybridized carbons (Fsp3) is 0.294. The highest BCUT2D eigenvalue weighted by molar-refractivity contribution is 6.03. The van der Waals surface area contributed by atoms with Gasteiger partial charge in [-0.25, -0.2) is 4.98 Å². The number of carbonyl (C=O) groups is 1. The van der Waals surface area contributed by atoms with Gasteiger partial charge in [0.25, 0.3) is 0 Å². The third kappa shape index (κ3) is 2.49. The van der Waals surface area contributed by atoms with Crippen molar-refractivity contribution in [3.05, 3.63) is 43.1 Å². The molecule has 1 aliphatic heterocycles. The Hall–Kier alpha value is -2.36. The summed E-state index contributed by atoms with van der Waals surface area (Å²) in [5.74, 6) is 0.942. The number of likely N-dealkylation sites (N-methyl/N-ethyl adjacent to an activating group) is 1. The van der Waals surface area contributed by atoms with Crippen LogP contribution >= 0.6 is 0 Å². The number of rotatable bonds is 3. The molecule has 0 radical (unpaired) electrons. The Balaban J connectivity index is 2.03. The van der Waals surface area contributed by atoms with E-state index in [0.29, 0.717) is 0 Å². The molecule has 0 N–H and O–H groups in total. The van der Waals surface area contributed by atoms with Gasteiger partial charge < -0.3 is 9.80 Å². The number of hydrogen-bond donors (Lipinski definition) is 0. The number of aromatic nitrogens is 1. The predicted molar refractivity (Wildman–Crippen MR) is 86.8 cm³/mol. The van der Waals surface area contributed by atoms with Gasteiger partial charge in [-0.1, -0.05) is 6.58 Å². The molecule has 0 bridgehead atoms. The Labute approximate surface area is 124 Å². The second kappa shape index (κ2) is 5.56. The second-order valence-electron chi connectivity index (χ2n) is 5.34. The van der Waals surface area contributed by atoms with E-state index in [-0.39, 0.29) is 5.91 Å². The molecule has 1 fully saturated rings. The maximum Gasteiger partial charge on any atom is 0.250 e. The zero-order chi connectivity index (χ0) is 14.8. The van der Waals surface area contributed by atoms with Crippen LogP contribution < -0.4 is 9.80 Å². The molecule has 4 nitrogen and oxygen atoms in total. The minimum Gasteiger partial charge on any atom is -0.356 e. The lowest BCUT2D eigenvalue weighted by Crippen LogP contribution is -2.23. The van der Waals surface area contributed by atoms with Gasteiger partial charge in [0.05, 0.1) is 0 Å². The number of nitrogens with zero attached hydrogens (tertiary/aromatic N) is 3. The molecule has 21 heavy (non-hydrogen) atoms. The van der Waals surface area contributed by atoms with Crippen molar-refractivity contribution in [1.82, 2.24) is 4.98 Å². The van der Waals surface area contributed by atoms with Gasteiger partial charge in [0.15, 0.2) is 0 Å². The van der Waals surface area contributed by atoms with Crippen LogP contribution in [0.15, 0.2) is 43.1 Å². The molecule has 4 heteroatoms. The van der Waals surface area contributed by atoms with Crippen LogP contribution in [0.3, 0.4) is 0 Å². The Morgan fingerprint density at radius 2 is 2.10 bits per heavy atom. The first-order valence-corrected chi connectivity index (χ1v) is 7.24. The average Bonchev–Trinajstić information content (AvgIpc) is 3.06. The highest BCUT2D eigenvalue weighted by Gasteiger charge is 2.16. The third-order valence-corrected chi connectivity index (χ3v) is 4.03. The molecule has 2 aromatic rings. The van der Waals surface area contributed by atoms with Crippen LogP contribution in [0.5, 0.6) is 0 Å². The number of pyridine rings is 1. The van der Waals surface area contributed by atoms with Crippen LogP contribution in [0.4, 0.5) is 11.5 Å². The van der Waals surface area contributed by atoms with Crippen molar-refractivity contribution in [2.45, 2.75) is 12.8 Å². The highest BCUT2D eigenvalue weighted by Crippen LogP contribution is 2.29. The molecule has 1 saturated heterocycles. The molecule has 0 atom stereocenters. The molecule has 0 unspecified atom stereocenters. The standard InChI is InChI=1S/C17H19N3O/c1-3-16(21)19(2)14-6-7-15-13(12-14)8-9-18-17(15)20-10-4-5-11-20/h3,6-9,12H,1,4-5,10-11H2,2H3. The van der Waals surface area contributed by atoms with E-state index in [0.717, 1.165) is 35.4 Å². The second-order valence-corrected chi connectivity index (χ2v) is 5.34. The van der Waals surface area contributed by atoms with Gasteiger partial charge in [0.1, 0.15) is 5.82 Å². The van der Waals surface area contributed by atoms with E-state index in [4.69, 9.17) is 0 Å². The average molecular weight is 281 g/mol. The summed E-state index contributed by atoms with van der Waals surface area (Å²) in [5.41, 5.74) is 0.867. The summed E-state index contributed by atoms with van der Waals surface area (Å²) in [7, 11) is 1.76. The Morgan fingerprint density at radius 1 is 1.33 bits per heavy atom. The van der Waals surface area contributed by atoms with Crippen LogP contribution in [-0.2, 0) is 4.79 Å². The van der Waals surface area contributed by atoms with E-state index < -0.39 is 0 Å². The van der Waals surface area contributed by atoms with Crippen LogP contribution in [0.1, 0.15) is 12.8 Å². The number of carbonyl (C=O) groups excluding carboxylic acids is 1. The lowest BCUT2D eigenvalue weighted by molar-refractivity contribution is -0.113. The lowest BCUT2D eigenvalue weighted by Gasteiger charge is -2.20. The molecule has 0 spiro atoms. The smallest absolute Gasteiger partial charge is 0.250 e. The monoisotopic (exact) mass is 281 g/mol. The molecule has 1 amide bonds. The van der Waals surface area contributed by atoms with Crippen molar-refractivity contribution in [3.8, 4) is 0 Å². The molecule has 108 valence electrons. The fourth-order valence-corrected chi connectivity index (χ4v) is 2.80. The van der Waals surface area contributed by atoms with Crippen LogP contribution in [0.25, 0.3) is 10.8 Å². The summed E-state index contributed by atoms with van der Waals surface area (Å²) < 4.78 is 0. The summed E-state index contributed by atoms with van der Waals surface area (Å²) in [5, 5.41) is 2.25. The van der Waals surface area contributed by atoms with E-state index in [1.54, 1.807) is 11.9 Å². The molecule has 1 aliphatic rings. The molecule has 1 aromatic carbocycles. The van der Waals surface area contributed by atoms with Crippen LogP contribution in [0.2, 0.25) is 0 Å². The quantitative estimate of drug-likeness (QED) is 0.812. The SMILES string of the molecule is C=CC(=O)N(C)c1ccc2c(N3CCCC3)nccc2c1. The third-order valence-electron chi connectivity index (χ3n) is 4.03. The number of anilines is 2. The Kier molecular flexibility index (Phi) is 3.60. The van der Waals surface area contributed by atoms with E-state index in [1.165, 1.54) is 18.9 Å². The van der Waals surface area contributed by atoms with E-state index in [1.807, 2.05) is 24.4 Å². The fourth-order valence-electron chi connectivity index (χ4n) is 2.80. The summed E-state index contributed by atoms with van der Waals surface area (Å²) in [6.07, 6.45) is 5.63. The molecule has 0 saturated carbocycles. The molecule has 3 rings (SSSR count). The lowest BCUT2D eigenvalue weighted by atomic mass is 10.1. The molecule has 2 heterocycles. The van der Waals surface area contributed by atoms with Gasteiger partial charge in [-0.05, 0) is 48.6 Å². The van der Waals surface area contributed by atoms with Gasteiger partial charge >= 0.3 is 0 Å².